The van der Waals surface area contributed by atoms with E-state index in [1.165, 1.54) is 18.4 Å². The molecular weight excluding hydrogens is 338 g/mol. The number of rotatable bonds is 5. The van der Waals surface area contributed by atoms with Crippen LogP contribution in [0, 0.1) is 5.92 Å². The SMILES string of the molecule is CCCCc1ccc(N2CC(C(=O)N3CC[C@@H](N)C3)CC2=O)cc1.Cl. The van der Waals surface area contributed by atoms with Gasteiger partial charge in [-0.05, 0) is 37.0 Å². The van der Waals surface area contributed by atoms with Gasteiger partial charge in [0.1, 0.15) is 0 Å². The first-order chi connectivity index (χ1) is 11.6. The zero-order chi connectivity index (χ0) is 17.1. The summed E-state index contributed by atoms with van der Waals surface area (Å²) in [7, 11) is 0. The highest BCUT2D eigenvalue weighted by Gasteiger charge is 2.38. The summed E-state index contributed by atoms with van der Waals surface area (Å²) in [6.45, 7) is 4.01. The molecule has 1 aromatic rings. The van der Waals surface area contributed by atoms with Crippen molar-refractivity contribution in [3.8, 4) is 0 Å². The lowest BCUT2D eigenvalue weighted by Gasteiger charge is -2.21. The molecule has 0 radical (unpaired) electrons. The van der Waals surface area contributed by atoms with Crippen molar-refractivity contribution < 1.29 is 9.59 Å². The number of hydrogen-bond donors (Lipinski definition) is 1. The van der Waals surface area contributed by atoms with Crippen LogP contribution < -0.4 is 10.6 Å². The fraction of sp³-hybridized carbons (Fsp3) is 0.579. The lowest BCUT2D eigenvalue weighted by Crippen LogP contribution is -2.37. The summed E-state index contributed by atoms with van der Waals surface area (Å²) in [6, 6.07) is 8.26. The molecule has 3 rings (SSSR count). The van der Waals surface area contributed by atoms with Gasteiger partial charge in [0.05, 0.1) is 5.92 Å². The first-order valence-corrected chi connectivity index (χ1v) is 9.02. The third kappa shape index (κ3) is 4.53. The third-order valence-electron chi connectivity index (χ3n) is 5.08. The molecule has 0 aliphatic carbocycles. The molecule has 2 aliphatic heterocycles. The molecule has 2 N–H and O–H groups in total. The number of anilines is 1. The molecule has 2 amide bonds. The van der Waals surface area contributed by atoms with E-state index in [2.05, 4.69) is 19.1 Å². The van der Waals surface area contributed by atoms with Crippen LogP contribution in [0.4, 0.5) is 5.69 Å². The molecule has 6 heteroatoms. The summed E-state index contributed by atoms with van der Waals surface area (Å²) in [6.07, 6.45) is 4.59. The summed E-state index contributed by atoms with van der Waals surface area (Å²) >= 11 is 0. The predicted molar refractivity (Wildman–Crippen MR) is 102 cm³/mol. The molecule has 2 fully saturated rings. The van der Waals surface area contributed by atoms with Crippen LogP contribution >= 0.6 is 12.4 Å². The first-order valence-electron chi connectivity index (χ1n) is 9.02. The van der Waals surface area contributed by atoms with Gasteiger partial charge in [-0.15, -0.1) is 12.4 Å². The number of carbonyl (C=O) groups excluding carboxylic acids is 2. The van der Waals surface area contributed by atoms with Crippen LogP contribution in [-0.4, -0.2) is 42.4 Å². The van der Waals surface area contributed by atoms with Crippen LogP contribution in [0.25, 0.3) is 0 Å². The second-order valence-corrected chi connectivity index (χ2v) is 7.01. The van der Waals surface area contributed by atoms with E-state index in [9.17, 15) is 9.59 Å². The average molecular weight is 366 g/mol. The molecule has 5 nitrogen and oxygen atoms in total. The molecule has 0 spiro atoms. The number of likely N-dealkylation sites (tertiary alicyclic amines) is 1. The normalized spacial score (nSPS) is 23.0. The number of carbonyl (C=O) groups is 2. The minimum absolute atomic E-state index is 0. The molecule has 1 unspecified atom stereocenters. The fourth-order valence-corrected chi connectivity index (χ4v) is 3.59. The Labute approximate surface area is 155 Å². The Bertz CT molecular complexity index is 605. The van der Waals surface area contributed by atoms with E-state index >= 15 is 0 Å². The fourth-order valence-electron chi connectivity index (χ4n) is 3.59. The quantitative estimate of drug-likeness (QED) is 0.871. The van der Waals surface area contributed by atoms with E-state index in [-0.39, 0.29) is 36.2 Å². The smallest absolute Gasteiger partial charge is 0.228 e. The molecule has 1 aromatic carbocycles. The molecule has 0 bridgehead atoms. The van der Waals surface area contributed by atoms with Gasteiger partial charge in [-0.2, -0.15) is 0 Å². The van der Waals surface area contributed by atoms with Gasteiger partial charge in [0.2, 0.25) is 11.8 Å². The highest BCUT2D eigenvalue weighted by molar-refractivity contribution is 6.00. The maximum Gasteiger partial charge on any atom is 0.228 e. The molecule has 2 heterocycles. The van der Waals surface area contributed by atoms with E-state index in [1.54, 1.807) is 4.90 Å². The van der Waals surface area contributed by atoms with Gasteiger partial charge >= 0.3 is 0 Å². The van der Waals surface area contributed by atoms with Gasteiger partial charge in [-0.3, -0.25) is 9.59 Å². The lowest BCUT2D eigenvalue weighted by atomic mass is 10.1. The van der Waals surface area contributed by atoms with E-state index in [4.69, 9.17) is 5.73 Å². The van der Waals surface area contributed by atoms with Crippen LogP contribution in [0.1, 0.15) is 38.2 Å². The highest BCUT2D eigenvalue weighted by atomic mass is 35.5. The van der Waals surface area contributed by atoms with Crippen molar-refractivity contribution in [3.63, 3.8) is 0 Å². The number of nitrogens with zero attached hydrogens (tertiary/aromatic N) is 2. The van der Waals surface area contributed by atoms with Crippen LogP contribution in [0.5, 0.6) is 0 Å². The summed E-state index contributed by atoms with van der Waals surface area (Å²) in [4.78, 5) is 28.5. The first kappa shape index (κ1) is 19.7. The van der Waals surface area contributed by atoms with Crippen LogP contribution in [0.3, 0.4) is 0 Å². The number of amides is 2. The van der Waals surface area contributed by atoms with Gasteiger partial charge in [-0.25, -0.2) is 0 Å². The Balaban J connectivity index is 0.00000225. The van der Waals surface area contributed by atoms with E-state index in [0.717, 1.165) is 25.1 Å². The predicted octanol–water partition coefficient (Wildman–Crippen LogP) is 2.36. The summed E-state index contributed by atoms with van der Waals surface area (Å²) in [5.74, 6) is -0.112. The molecule has 2 atom stereocenters. The summed E-state index contributed by atoms with van der Waals surface area (Å²) in [5.41, 5.74) is 8.08. The van der Waals surface area contributed by atoms with Gasteiger partial charge < -0.3 is 15.5 Å². The largest absolute Gasteiger partial charge is 0.341 e. The van der Waals surface area contributed by atoms with Crippen molar-refractivity contribution in [2.75, 3.05) is 24.5 Å². The van der Waals surface area contributed by atoms with Gasteiger partial charge in [0.25, 0.3) is 0 Å². The molecule has 2 aliphatic rings. The highest BCUT2D eigenvalue weighted by Crippen LogP contribution is 2.27. The number of unbranched alkanes of at least 4 members (excludes halogenated alkanes) is 1. The Morgan fingerprint density at radius 1 is 1.24 bits per heavy atom. The zero-order valence-electron chi connectivity index (χ0n) is 14.8. The van der Waals surface area contributed by atoms with Gasteiger partial charge in [-0.1, -0.05) is 25.5 Å². The molecular formula is C19H28ClN3O2. The Morgan fingerprint density at radius 2 is 1.96 bits per heavy atom. The number of aryl methyl sites for hydroxylation is 1. The Morgan fingerprint density at radius 3 is 2.56 bits per heavy atom. The Hall–Kier alpha value is -1.59. The van der Waals surface area contributed by atoms with Crippen molar-refractivity contribution in [2.45, 2.75) is 45.1 Å². The second-order valence-electron chi connectivity index (χ2n) is 7.01. The topological polar surface area (TPSA) is 66.6 Å². The van der Waals surface area contributed by atoms with E-state index in [0.29, 0.717) is 19.5 Å². The number of nitrogens with two attached hydrogens (primary N) is 1. The number of halogens is 1. The van der Waals surface area contributed by atoms with Crippen molar-refractivity contribution in [1.82, 2.24) is 4.90 Å². The summed E-state index contributed by atoms with van der Waals surface area (Å²) in [5, 5.41) is 0. The second kappa shape index (κ2) is 8.68. The third-order valence-corrected chi connectivity index (χ3v) is 5.08. The minimum Gasteiger partial charge on any atom is -0.341 e. The molecule has 138 valence electrons. The van der Waals surface area contributed by atoms with Crippen LogP contribution in [-0.2, 0) is 16.0 Å². The molecule has 0 saturated carbocycles. The molecule has 2 saturated heterocycles. The van der Waals surface area contributed by atoms with Crippen molar-refractivity contribution in [1.29, 1.82) is 0 Å². The van der Waals surface area contributed by atoms with Crippen molar-refractivity contribution in [2.24, 2.45) is 11.7 Å². The van der Waals surface area contributed by atoms with Gasteiger partial charge in [0.15, 0.2) is 0 Å². The van der Waals surface area contributed by atoms with E-state index in [1.807, 2.05) is 17.0 Å². The standard InChI is InChI=1S/C19H27N3O2.ClH/c1-2-3-4-14-5-7-17(8-6-14)22-12-15(11-18(22)23)19(24)21-10-9-16(20)13-21;/h5-8,15-16H,2-4,9-13,20H2,1H3;1H/t15?,16-;/m1./s1. The van der Waals surface area contributed by atoms with Crippen molar-refractivity contribution in [3.05, 3.63) is 29.8 Å². The lowest BCUT2D eigenvalue weighted by molar-refractivity contribution is -0.134. The van der Waals surface area contributed by atoms with Crippen LogP contribution in [0.2, 0.25) is 0 Å². The zero-order valence-corrected chi connectivity index (χ0v) is 15.6. The Kier molecular flexibility index (Phi) is 6.85. The van der Waals surface area contributed by atoms with Gasteiger partial charge in [0, 0.05) is 37.8 Å². The van der Waals surface area contributed by atoms with Crippen molar-refractivity contribution >= 4 is 29.9 Å². The summed E-state index contributed by atoms with van der Waals surface area (Å²) < 4.78 is 0. The number of benzene rings is 1. The van der Waals surface area contributed by atoms with E-state index < -0.39 is 0 Å². The molecule has 0 aromatic heterocycles. The van der Waals surface area contributed by atoms with Crippen LogP contribution in [0.15, 0.2) is 24.3 Å². The maximum atomic E-state index is 12.6. The minimum atomic E-state index is -0.234. The monoisotopic (exact) mass is 365 g/mol. The molecule has 25 heavy (non-hydrogen) atoms. The maximum absolute atomic E-state index is 12.6. The average Bonchev–Trinajstić information content (AvgIpc) is 3.19. The number of hydrogen-bond acceptors (Lipinski definition) is 3.